The molecule has 4 nitrogen and oxygen atoms in total. The number of para-hydroxylation sites is 1. The largest absolute Gasteiger partial charge is 0.469 e. The molecule has 1 aromatic carbocycles. The highest BCUT2D eigenvalue weighted by Crippen LogP contribution is 2.37. The fourth-order valence-electron chi connectivity index (χ4n) is 2.07. The third-order valence-corrected chi connectivity index (χ3v) is 2.93. The molecule has 1 aliphatic heterocycles. The van der Waals surface area contributed by atoms with Crippen LogP contribution in [0.4, 0.5) is 5.69 Å². The maximum absolute atomic E-state index is 11.1. The Labute approximate surface area is 94.2 Å². The molecule has 1 aliphatic rings. The van der Waals surface area contributed by atoms with Crippen molar-refractivity contribution in [1.82, 2.24) is 0 Å². The first-order valence-corrected chi connectivity index (χ1v) is 5.32. The van der Waals surface area contributed by atoms with Gasteiger partial charge in [0.25, 0.3) is 0 Å². The first-order chi connectivity index (χ1) is 7.72. The lowest BCUT2D eigenvalue weighted by Crippen LogP contribution is -2.20. The van der Waals surface area contributed by atoms with Crippen LogP contribution in [-0.2, 0) is 9.53 Å². The molecule has 0 aliphatic carbocycles. The number of carbonyl (C=O) groups excluding carboxylic acids is 1. The van der Waals surface area contributed by atoms with Crippen LogP contribution >= 0.6 is 0 Å². The Morgan fingerprint density at radius 2 is 2.25 bits per heavy atom. The highest BCUT2D eigenvalue weighted by atomic mass is 16.5. The summed E-state index contributed by atoms with van der Waals surface area (Å²) in [6, 6.07) is 7.75. The quantitative estimate of drug-likeness (QED) is 0.759. The van der Waals surface area contributed by atoms with Crippen LogP contribution in [0.15, 0.2) is 24.3 Å². The van der Waals surface area contributed by atoms with Crippen molar-refractivity contribution >= 4 is 11.7 Å². The summed E-state index contributed by atoms with van der Waals surface area (Å²) < 4.78 is 4.59. The van der Waals surface area contributed by atoms with Crippen LogP contribution in [0.2, 0.25) is 0 Å². The van der Waals surface area contributed by atoms with Crippen LogP contribution in [0.3, 0.4) is 0 Å². The summed E-state index contributed by atoms with van der Waals surface area (Å²) in [6.45, 7) is 0. The number of nitrogens with one attached hydrogen (secondary N) is 1. The molecule has 16 heavy (non-hydrogen) atoms. The van der Waals surface area contributed by atoms with Crippen molar-refractivity contribution in [3.8, 4) is 0 Å². The zero-order valence-corrected chi connectivity index (χ0v) is 9.14. The molecule has 0 spiro atoms. The molecule has 1 aromatic rings. The fourth-order valence-corrected chi connectivity index (χ4v) is 2.07. The maximum Gasteiger partial charge on any atom is 0.305 e. The zero-order valence-electron chi connectivity index (χ0n) is 9.14. The van der Waals surface area contributed by atoms with Gasteiger partial charge in [0.05, 0.1) is 7.11 Å². The predicted molar refractivity (Wildman–Crippen MR) is 60.1 cm³/mol. The lowest BCUT2D eigenvalue weighted by molar-refractivity contribution is -0.140. The average molecular weight is 221 g/mol. The molecule has 0 amide bonds. The molecule has 4 heteroatoms. The smallest absolute Gasteiger partial charge is 0.305 e. The van der Waals surface area contributed by atoms with E-state index >= 15 is 0 Å². The molecule has 0 aromatic heterocycles. The lowest BCUT2D eigenvalue weighted by atomic mass is 9.95. The van der Waals surface area contributed by atoms with Crippen molar-refractivity contribution in [3.63, 3.8) is 0 Å². The second-order valence-corrected chi connectivity index (χ2v) is 3.90. The van der Waals surface area contributed by atoms with Crippen molar-refractivity contribution in [2.75, 3.05) is 12.4 Å². The monoisotopic (exact) mass is 221 g/mol. The van der Waals surface area contributed by atoms with Gasteiger partial charge in [0.15, 0.2) is 0 Å². The molecule has 1 heterocycles. The van der Waals surface area contributed by atoms with E-state index < -0.39 is 6.23 Å². The summed E-state index contributed by atoms with van der Waals surface area (Å²) in [6.07, 6.45) is 0.314. The lowest BCUT2D eigenvalue weighted by Gasteiger charge is -2.14. The summed E-state index contributed by atoms with van der Waals surface area (Å²) in [5, 5.41) is 12.8. The van der Waals surface area contributed by atoms with Crippen LogP contribution in [0.5, 0.6) is 0 Å². The molecule has 0 saturated carbocycles. The van der Waals surface area contributed by atoms with E-state index in [9.17, 15) is 9.90 Å². The van der Waals surface area contributed by atoms with Crippen LogP contribution < -0.4 is 5.32 Å². The normalized spacial score (nSPS) is 22.4. The van der Waals surface area contributed by atoms with Gasteiger partial charge in [0.1, 0.15) is 6.23 Å². The molecule has 0 bridgehead atoms. The third-order valence-electron chi connectivity index (χ3n) is 2.93. The first kappa shape index (κ1) is 11.0. The standard InChI is InChI=1S/C12H15NO3/c1-16-11(14)7-6-9-8-4-2-3-5-10(8)13-12(9)15/h2-5,9,12-13,15H,6-7H2,1H3. The Bertz CT molecular complexity index is 392. The molecule has 0 fully saturated rings. The number of ether oxygens (including phenoxy) is 1. The van der Waals surface area contributed by atoms with Gasteiger partial charge in [-0.15, -0.1) is 0 Å². The Morgan fingerprint density at radius 1 is 1.50 bits per heavy atom. The number of benzene rings is 1. The number of hydrogen-bond acceptors (Lipinski definition) is 4. The van der Waals surface area contributed by atoms with Gasteiger partial charge < -0.3 is 15.2 Å². The van der Waals surface area contributed by atoms with E-state index in [1.54, 1.807) is 0 Å². The van der Waals surface area contributed by atoms with Crippen molar-refractivity contribution in [2.45, 2.75) is 25.0 Å². The minimum atomic E-state index is -0.609. The minimum absolute atomic E-state index is 0.0321. The Kier molecular flexibility index (Phi) is 3.10. The number of rotatable bonds is 3. The van der Waals surface area contributed by atoms with E-state index in [0.717, 1.165) is 11.3 Å². The molecule has 0 saturated heterocycles. The minimum Gasteiger partial charge on any atom is -0.469 e. The number of methoxy groups -OCH3 is 1. The molecule has 2 rings (SSSR count). The van der Waals surface area contributed by atoms with Gasteiger partial charge in [-0.2, -0.15) is 0 Å². The van der Waals surface area contributed by atoms with Crippen LogP contribution in [0.1, 0.15) is 24.3 Å². The van der Waals surface area contributed by atoms with Crippen LogP contribution in [0.25, 0.3) is 0 Å². The SMILES string of the molecule is COC(=O)CCC1c2ccccc2NC1O. The molecule has 86 valence electrons. The van der Waals surface area contributed by atoms with Gasteiger partial charge in [-0.1, -0.05) is 18.2 Å². The van der Waals surface area contributed by atoms with Crippen LogP contribution in [-0.4, -0.2) is 24.4 Å². The van der Waals surface area contributed by atoms with E-state index in [0.29, 0.717) is 12.8 Å². The van der Waals surface area contributed by atoms with Gasteiger partial charge in [-0.05, 0) is 18.1 Å². The Hall–Kier alpha value is -1.55. The summed E-state index contributed by atoms with van der Waals surface area (Å²) >= 11 is 0. The van der Waals surface area contributed by atoms with E-state index in [2.05, 4.69) is 10.1 Å². The molecular weight excluding hydrogens is 206 g/mol. The van der Waals surface area contributed by atoms with E-state index in [1.807, 2.05) is 24.3 Å². The number of fused-ring (bicyclic) bond motifs is 1. The zero-order chi connectivity index (χ0) is 11.5. The van der Waals surface area contributed by atoms with Gasteiger partial charge in [0, 0.05) is 18.0 Å². The summed E-state index contributed by atoms with van der Waals surface area (Å²) in [5.41, 5.74) is 2.02. The number of hydrogen-bond donors (Lipinski definition) is 2. The first-order valence-electron chi connectivity index (χ1n) is 5.32. The topological polar surface area (TPSA) is 58.6 Å². The highest BCUT2D eigenvalue weighted by molar-refractivity contribution is 5.69. The highest BCUT2D eigenvalue weighted by Gasteiger charge is 2.30. The van der Waals surface area contributed by atoms with E-state index in [4.69, 9.17) is 0 Å². The van der Waals surface area contributed by atoms with Crippen molar-refractivity contribution in [1.29, 1.82) is 0 Å². The van der Waals surface area contributed by atoms with Gasteiger partial charge in [-0.25, -0.2) is 0 Å². The maximum atomic E-state index is 11.1. The van der Waals surface area contributed by atoms with E-state index in [-0.39, 0.29) is 11.9 Å². The second kappa shape index (κ2) is 4.53. The molecule has 2 unspecified atom stereocenters. The number of aliphatic hydroxyl groups is 1. The van der Waals surface area contributed by atoms with Crippen molar-refractivity contribution in [3.05, 3.63) is 29.8 Å². The summed E-state index contributed by atoms with van der Waals surface area (Å²) in [7, 11) is 1.37. The fraction of sp³-hybridized carbons (Fsp3) is 0.417. The van der Waals surface area contributed by atoms with Crippen LogP contribution in [0, 0.1) is 0 Å². The summed E-state index contributed by atoms with van der Waals surface area (Å²) in [4.78, 5) is 11.1. The van der Waals surface area contributed by atoms with Gasteiger partial charge in [0.2, 0.25) is 0 Å². The van der Waals surface area contributed by atoms with Crippen molar-refractivity contribution < 1.29 is 14.6 Å². The summed E-state index contributed by atoms with van der Waals surface area (Å²) in [5.74, 6) is -0.271. The van der Waals surface area contributed by atoms with Gasteiger partial charge in [-0.3, -0.25) is 4.79 Å². The number of esters is 1. The van der Waals surface area contributed by atoms with Gasteiger partial charge >= 0.3 is 5.97 Å². The van der Waals surface area contributed by atoms with E-state index in [1.165, 1.54) is 7.11 Å². The molecule has 0 radical (unpaired) electrons. The molecule has 2 atom stereocenters. The predicted octanol–water partition coefficient (Wildman–Crippen LogP) is 1.47. The number of carbonyl (C=O) groups is 1. The van der Waals surface area contributed by atoms with Crippen molar-refractivity contribution in [2.24, 2.45) is 0 Å². The Balaban J connectivity index is 2.07. The number of aliphatic hydroxyl groups excluding tert-OH is 1. The molecule has 2 N–H and O–H groups in total. The third kappa shape index (κ3) is 2.02. The number of anilines is 1. The second-order valence-electron chi connectivity index (χ2n) is 3.90. The Morgan fingerprint density at radius 3 is 3.00 bits per heavy atom. The average Bonchev–Trinajstić information content (AvgIpc) is 2.62. The molecular formula is C12H15NO3.